The average Bonchev–Trinajstić information content (AvgIpc) is 2.33. The van der Waals surface area contributed by atoms with Crippen LogP contribution in [0.2, 0.25) is 10.0 Å². The molecule has 0 spiro atoms. The van der Waals surface area contributed by atoms with Crippen molar-refractivity contribution in [2.45, 2.75) is 13.0 Å². The number of hydrogen-bond donors (Lipinski definition) is 2. The molecule has 18 heavy (non-hydrogen) atoms. The highest BCUT2D eigenvalue weighted by atomic mass is 35.5. The summed E-state index contributed by atoms with van der Waals surface area (Å²) in [6, 6.07) is 9.33. The van der Waals surface area contributed by atoms with E-state index in [4.69, 9.17) is 28.9 Å². The molecule has 0 bridgehead atoms. The standard InChI is InChI=1S/C13H13Cl2N3/c1-8(10-4-2-3-5-11(10)15)18-13-12(16)6-9(14)7-17-13/h2-8H,16H2,1H3,(H,17,18). The Hall–Kier alpha value is -1.45. The van der Waals surface area contributed by atoms with Gasteiger partial charge in [0.25, 0.3) is 0 Å². The molecule has 1 aromatic heterocycles. The average molecular weight is 282 g/mol. The van der Waals surface area contributed by atoms with Crippen molar-refractivity contribution in [3.8, 4) is 0 Å². The van der Waals surface area contributed by atoms with Gasteiger partial charge < -0.3 is 11.1 Å². The predicted molar refractivity (Wildman–Crippen MR) is 77.1 cm³/mol. The molecule has 0 amide bonds. The summed E-state index contributed by atoms with van der Waals surface area (Å²) < 4.78 is 0. The largest absolute Gasteiger partial charge is 0.396 e. The Morgan fingerprint density at radius 3 is 2.67 bits per heavy atom. The molecule has 0 saturated heterocycles. The Balaban J connectivity index is 2.21. The van der Waals surface area contributed by atoms with Gasteiger partial charge in [0, 0.05) is 11.2 Å². The van der Waals surface area contributed by atoms with Crippen LogP contribution in [0.25, 0.3) is 0 Å². The number of nitrogen functional groups attached to an aromatic ring is 1. The molecular formula is C13H13Cl2N3. The molecule has 3 nitrogen and oxygen atoms in total. The molecule has 1 heterocycles. The van der Waals surface area contributed by atoms with E-state index < -0.39 is 0 Å². The summed E-state index contributed by atoms with van der Waals surface area (Å²) in [5, 5.41) is 4.45. The van der Waals surface area contributed by atoms with Crippen LogP contribution in [0.15, 0.2) is 36.5 Å². The van der Waals surface area contributed by atoms with Crippen molar-refractivity contribution in [2.24, 2.45) is 0 Å². The summed E-state index contributed by atoms with van der Waals surface area (Å²) in [5.41, 5.74) is 7.35. The van der Waals surface area contributed by atoms with E-state index in [0.717, 1.165) is 5.56 Å². The Kier molecular flexibility index (Phi) is 3.94. The van der Waals surface area contributed by atoms with E-state index in [2.05, 4.69) is 10.3 Å². The molecule has 1 atom stereocenters. The smallest absolute Gasteiger partial charge is 0.149 e. The number of hydrogen-bond acceptors (Lipinski definition) is 3. The molecule has 0 fully saturated rings. The third kappa shape index (κ3) is 2.86. The van der Waals surface area contributed by atoms with Gasteiger partial charge in [-0.05, 0) is 24.6 Å². The number of aromatic nitrogens is 1. The zero-order chi connectivity index (χ0) is 13.1. The van der Waals surface area contributed by atoms with E-state index in [1.54, 1.807) is 12.3 Å². The molecule has 1 unspecified atom stereocenters. The second-order valence-corrected chi connectivity index (χ2v) is 4.82. The fourth-order valence-corrected chi connectivity index (χ4v) is 2.15. The minimum atomic E-state index is 0.00896. The summed E-state index contributed by atoms with van der Waals surface area (Å²) in [7, 11) is 0. The Labute approximate surface area is 116 Å². The first-order chi connectivity index (χ1) is 8.58. The predicted octanol–water partition coefficient (Wildman–Crippen LogP) is 4.14. The van der Waals surface area contributed by atoms with Gasteiger partial charge >= 0.3 is 0 Å². The lowest BCUT2D eigenvalue weighted by Crippen LogP contribution is -2.10. The number of halogens is 2. The third-order valence-corrected chi connectivity index (χ3v) is 3.16. The molecule has 94 valence electrons. The first-order valence-electron chi connectivity index (χ1n) is 5.50. The number of nitrogens with zero attached hydrogens (tertiary/aromatic N) is 1. The van der Waals surface area contributed by atoms with Crippen LogP contribution in [0.4, 0.5) is 11.5 Å². The lowest BCUT2D eigenvalue weighted by molar-refractivity contribution is 0.876. The molecule has 0 saturated carbocycles. The second-order valence-electron chi connectivity index (χ2n) is 3.98. The summed E-state index contributed by atoms with van der Waals surface area (Å²) >= 11 is 11.9. The number of nitrogens with one attached hydrogen (secondary N) is 1. The first-order valence-corrected chi connectivity index (χ1v) is 6.25. The van der Waals surface area contributed by atoms with Crippen molar-refractivity contribution in [2.75, 3.05) is 11.1 Å². The number of rotatable bonds is 3. The summed E-state index contributed by atoms with van der Waals surface area (Å²) in [4.78, 5) is 4.16. The fraction of sp³-hybridized carbons (Fsp3) is 0.154. The lowest BCUT2D eigenvalue weighted by atomic mass is 10.1. The van der Waals surface area contributed by atoms with Gasteiger partial charge in [0.2, 0.25) is 0 Å². The molecule has 1 aromatic carbocycles. The Bertz CT molecular complexity index is 558. The summed E-state index contributed by atoms with van der Waals surface area (Å²) in [6.45, 7) is 2.00. The van der Waals surface area contributed by atoms with E-state index in [1.165, 1.54) is 0 Å². The van der Waals surface area contributed by atoms with E-state index in [-0.39, 0.29) is 6.04 Å². The molecule has 0 radical (unpaired) electrons. The van der Waals surface area contributed by atoms with Gasteiger partial charge in [0.15, 0.2) is 0 Å². The minimum absolute atomic E-state index is 0.00896. The van der Waals surface area contributed by atoms with Crippen LogP contribution in [-0.4, -0.2) is 4.98 Å². The fourth-order valence-electron chi connectivity index (χ4n) is 1.68. The van der Waals surface area contributed by atoms with E-state index >= 15 is 0 Å². The quantitative estimate of drug-likeness (QED) is 0.889. The Morgan fingerprint density at radius 2 is 2.00 bits per heavy atom. The van der Waals surface area contributed by atoms with E-state index in [9.17, 15) is 0 Å². The van der Waals surface area contributed by atoms with Crippen molar-refractivity contribution in [1.82, 2.24) is 4.98 Å². The van der Waals surface area contributed by atoms with E-state index in [0.29, 0.717) is 21.6 Å². The molecular weight excluding hydrogens is 269 g/mol. The van der Waals surface area contributed by atoms with Crippen LogP contribution >= 0.6 is 23.2 Å². The molecule has 0 aliphatic heterocycles. The van der Waals surface area contributed by atoms with Crippen LogP contribution in [0.3, 0.4) is 0 Å². The zero-order valence-corrected chi connectivity index (χ0v) is 11.3. The SMILES string of the molecule is CC(Nc1ncc(Cl)cc1N)c1ccccc1Cl. The van der Waals surface area contributed by atoms with Crippen molar-refractivity contribution >= 4 is 34.7 Å². The molecule has 5 heteroatoms. The number of benzene rings is 1. The third-order valence-electron chi connectivity index (χ3n) is 2.61. The van der Waals surface area contributed by atoms with Crippen LogP contribution in [0.1, 0.15) is 18.5 Å². The summed E-state index contributed by atoms with van der Waals surface area (Å²) in [6.07, 6.45) is 1.56. The van der Waals surface area contributed by atoms with Crippen molar-refractivity contribution in [3.63, 3.8) is 0 Å². The second kappa shape index (κ2) is 5.46. The minimum Gasteiger partial charge on any atom is -0.396 e. The molecule has 2 rings (SSSR count). The van der Waals surface area contributed by atoms with Gasteiger partial charge in [0.05, 0.1) is 16.8 Å². The van der Waals surface area contributed by atoms with E-state index in [1.807, 2.05) is 31.2 Å². The number of anilines is 2. The molecule has 2 aromatic rings. The monoisotopic (exact) mass is 281 g/mol. The van der Waals surface area contributed by atoms with Crippen LogP contribution in [0, 0.1) is 0 Å². The maximum atomic E-state index is 6.14. The van der Waals surface area contributed by atoms with Gasteiger partial charge in [-0.25, -0.2) is 4.98 Å². The van der Waals surface area contributed by atoms with Crippen molar-refractivity contribution in [1.29, 1.82) is 0 Å². The van der Waals surface area contributed by atoms with Crippen LogP contribution in [0.5, 0.6) is 0 Å². The zero-order valence-electron chi connectivity index (χ0n) is 9.82. The van der Waals surface area contributed by atoms with Gasteiger partial charge in [-0.2, -0.15) is 0 Å². The molecule has 0 aliphatic carbocycles. The van der Waals surface area contributed by atoms with Crippen LogP contribution in [-0.2, 0) is 0 Å². The van der Waals surface area contributed by atoms with Gasteiger partial charge in [0.1, 0.15) is 5.82 Å². The topological polar surface area (TPSA) is 50.9 Å². The van der Waals surface area contributed by atoms with Crippen molar-refractivity contribution < 1.29 is 0 Å². The molecule has 0 aliphatic rings. The Morgan fingerprint density at radius 1 is 1.28 bits per heavy atom. The maximum Gasteiger partial charge on any atom is 0.149 e. The van der Waals surface area contributed by atoms with Crippen LogP contribution < -0.4 is 11.1 Å². The highest BCUT2D eigenvalue weighted by molar-refractivity contribution is 6.31. The van der Waals surface area contributed by atoms with Gasteiger partial charge in [-0.3, -0.25) is 0 Å². The first kappa shape index (κ1) is 13.0. The number of nitrogens with two attached hydrogens (primary N) is 1. The summed E-state index contributed by atoms with van der Waals surface area (Å²) in [5.74, 6) is 0.604. The highest BCUT2D eigenvalue weighted by Gasteiger charge is 2.11. The highest BCUT2D eigenvalue weighted by Crippen LogP contribution is 2.27. The van der Waals surface area contributed by atoms with Gasteiger partial charge in [-0.1, -0.05) is 41.4 Å². The molecule has 3 N–H and O–H groups in total. The maximum absolute atomic E-state index is 6.14. The lowest BCUT2D eigenvalue weighted by Gasteiger charge is -2.17. The van der Waals surface area contributed by atoms with Crippen molar-refractivity contribution in [3.05, 3.63) is 52.1 Å². The van der Waals surface area contributed by atoms with Gasteiger partial charge in [-0.15, -0.1) is 0 Å². The number of pyridine rings is 1. The normalized spacial score (nSPS) is 12.2.